The average Bonchev–Trinajstić information content (AvgIpc) is 3.42. The van der Waals surface area contributed by atoms with E-state index in [2.05, 4.69) is 11.3 Å². The van der Waals surface area contributed by atoms with E-state index in [-0.39, 0.29) is 24.0 Å². The Balaban J connectivity index is 1.98. The van der Waals surface area contributed by atoms with Crippen molar-refractivity contribution in [2.24, 2.45) is 23.7 Å². The Morgan fingerprint density at radius 2 is 1.89 bits per heavy atom. The fourth-order valence-corrected chi connectivity index (χ4v) is 6.72. The highest BCUT2D eigenvalue weighted by molar-refractivity contribution is 14.1. The van der Waals surface area contributed by atoms with Crippen molar-refractivity contribution >= 4 is 63.1 Å². The highest BCUT2D eigenvalue weighted by Crippen LogP contribution is 2.62. The second-order valence-corrected chi connectivity index (χ2v) is 15.6. The third-order valence-electron chi connectivity index (χ3n) is 6.53. The number of ether oxygens (including phenoxy) is 2. The molecule has 6 atom stereocenters. The average molecular weight is 671 g/mol. The zero-order chi connectivity index (χ0) is 27.0. The summed E-state index contributed by atoms with van der Waals surface area (Å²) in [5.41, 5.74) is 0.256. The van der Waals surface area contributed by atoms with Crippen LogP contribution < -0.4 is 9.46 Å². The SMILES string of the molecule is C=CCOc1cc(Cl)c(Cl)cc1C(NS(=O)C(C)(C)C)C1C(CN(I)C(=O)OC(C)(C)C)CC2CC21. The number of benzene rings is 1. The molecule has 1 aromatic carbocycles. The molecule has 1 aromatic rings. The molecule has 2 aliphatic rings. The molecule has 6 nitrogen and oxygen atoms in total. The summed E-state index contributed by atoms with van der Waals surface area (Å²) in [4.78, 5) is 12.7. The van der Waals surface area contributed by atoms with Crippen molar-refractivity contribution in [1.82, 2.24) is 7.84 Å². The van der Waals surface area contributed by atoms with Crippen LogP contribution in [-0.4, -0.2) is 36.9 Å². The van der Waals surface area contributed by atoms with E-state index in [0.717, 1.165) is 18.4 Å². The van der Waals surface area contributed by atoms with Gasteiger partial charge in [0.15, 0.2) is 0 Å². The zero-order valence-corrected chi connectivity index (χ0v) is 26.3. The predicted molar refractivity (Wildman–Crippen MR) is 156 cm³/mol. The van der Waals surface area contributed by atoms with Crippen molar-refractivity contribution in [3.05, 3.63) is 40.4 Å². The van der Waals surface area contributed by atoms with Crippen molar-refractivity contribution in [2.45, 2.75) is 70.8 Å². The summed E-state index contributed by atoms with van der Waals surface area (Å²) in [6, 6.07) is 3.24. The van der Waals surface area contributed by atoms with E-state index in [1.165, 1.54) is 0 Å². The molecule has 0 bridgehead atoms. The molecule has 2 saturated carbocycles. The maximum Gasteiger partial charge on any atom is 0.419 e. The quantitative estimate of drug-likeness (QED) is 0.168. The van der Waals surface area contributed by atoms with E-state index in [1.807, 2.05) is 70.5 Å². The first-order valence-electron chi connectivity index (χ1n) is 12.2. The maximum absolute atomic E-state index is 13.4. The van der Waals surface area contributed by atoms with Crippen LogP contribution in [0, 0.1) is 23.7 Å². The Labute approximate surface area is 241 Å². The Hall–Kier alpha value is -0.550. The summed E-state index contributed by atoms with van der Waals surface area (Å²) >= 11 is 14.9. The van der Waals surface area contributed by atoms with Gasteiger partial charge in [-0.05, 0) is 84.1 Å². The zero-order valence-electron chi connectivity index (χ0n) is 21.8. The number of nitrogens with zero attached hydrogens (tertiary/aromatic N) is 1. The molecule has 2 fully saturated rings. The van der Waals surface area contributed by atoms with E-state index in [9.17, 15) is 9.00 Å². The van der Waals surface area contributed by atoms with Gasteiger partial charge >= 0.3 is 6.09 Å². The van der Waals surface area contributed by atoms with E-state index in [0.29, 0.717) is 40.8 Å². The molecule has 2 aliphatic carbocycles. The van der Waals surface area contributed by atoms with Crippen LogP contribution in [0.25, 0.3) is 0 Å². The molecule has 202 valence electrons. The third-order valence-corrected chi connectivity index (χ3v) is 9.62. The first kappa shape index (κ1) is 30.0. The summed E-state index contributed by atoms with van der Waals surface area (Å²) < 4.78 is 29.6. The second-order valence-electron chi connectivity index (χ2n) is 11.6. The summed E-state index contributed by atoms with van der Waals surface area (Å²) in [7, 11) is -1.34. The van der Waals surface area contributed by atoms with Gasteiger partial charge in [0.05, 0.1) is 54.7 Å². The first-order chi connectivity index (χ1) is 16.6. The van der Waals surface area contributed by atoms with Crippen molar-refractivity contribution in [3.63, 3.8) is 0 Å². The number of rotatable bonds is 9. The van der Waals surface area contributed by atoms with Crippen LogP contribution in [0.2, 0.25) is 10.0 Å². The fourth-order valence-electron chi connectivity index (χ4n) is 4.92. The lowest BCUT2D eigenvalue weighted by molar-refractivity contribution is 0.0399. The molecule has 0 aromatic heterocycles. The first-order valence-corrected chi connectivity index (χ1v) is 15.1. The molecule has 10 heteroatoms. The van der Waals surface area contributed by atoms with Crippen LogP contribution in [0.4, 0.5) is 4.79 Å². The fraction of sp³-hybridized carbons (Fsp3) is 0.654. The van der Waals surface area contributed by atoms with Crippen LogP contribution in [0.3, 0.4) is 0 Å². The third kappa shape index (κ3) is 7.52. The van der Waals surface area contributed by atoms with E-state index in [4.69, 9.17) is 32.7 Å². The molecule has 0 saturated heterocycles. The minimum absolute atomic E-state index is 0.129. The molecule has 0 heterocycles. The number of nitrogens with one attached hydrogen (secondary N) is 1. The highest BCUT2D eigenvalue weighted by Gasteiger charge is 2.57. The van der Waals surface area contributed by atoms with Crippen molar-refractivity contribution in [3.8, 4) is 5.75 Å². The van der Waals surface area contributed by atoms with Crippen LogP contribution in [0.5, 0.6) is 5.75 Å². The minimum atomic E-state index is -1.34. The van der Waals surface area contributed by atoms with Crippen LogP contribution in [0.1, 0.15) is 66.0 Å². The van der Waals surface area contributed by atoms with Gasteiger partial charge in [0.25, 0.3) is 0 Å². The van der Waals surface area contributed by atoms with Crippen molar-refractivity contribution in [2.75, 3.05) is 13.2 Å². The van der Waals surface area contributed by atoms with Gasteiger partial charge in [-0.2, -0.15) is 0 Å². The van der Waals surface area contributed by atoms with Crippen LogP contribution in [0.15, 0.2) is 24.8 Å². The molecule has 3 rings (SSSR count). The maximum atomic E-state index is 13.4. The lowest BCUT2D eigenvalue weighted by Crippen LogP contribution is -2.42. The number of carbonyl (C=O) groups excluding carboxylic acids is 1. The van der Waals surface area contributed by atoms with Gasteiger partial charge in [-0.3, -0.25) is 0 Å². The lowest BCUT2D eigenvalue weighted by Gasteiger charge is -2.35. The number of halogens is 3. The predicted octanol–water partition coefficient (Wildman–Crippen LogP) is 7.51. The van der Waals surface area contributed by atoms with Crippen molar-refractivity contribution < 1.29 is 18.5 Å². The van der Waals surface area contributed by atoms with Gasteiger partial charge in [0.1, 0.15) is 18.0 Å². The Kier molecular flexibility index (Phi) is 9.73. The normalized spacial score (nSPS) is 25.0. The van der Waals surface area contributed by atoms with Crippen LogP contribution >= 0.6 is 46.1 Å². The van der Waals surface area contributed by atoms with Gasteiger partial charge in [0.2, 0.25) is 0 Å². The number of hydrogen-bond acceptors (Lipinski definition) is 4. The summed E-state index contributed by atoms with van der Waals surface area (Å²) in [6.07, 6.45) is 3.45. The Morgan fingerprint density at radius 1 is 1.25 bits per heavy atom. The van der Waals surface area contributed by atoms with Gasteiger partial charge in [0, 0.05) is 18.2 Å². The minimum Gasteiger partial charge on any atom is -0.489 e. The van der Waals surface area contributed by atoms with Gasteiger partial charge in [-0.1, -0.05) is 35.9 Å². The highest BCUT2D eigenvalue weighted by atomic mass is 127. The van der Waals surface area contributed by atoms with Gasteiger partial charge in [-0.25, -0.2) is 16.8 Å². The van der Waals surface area contributed by atoms with Gasteiger partial charge in [-0.15, -0.1) is 0 Å². The van der Waals surface area contributed by atoms with E-state index < -0.39 is 21.3 Å². The standard InChI is InChI=1S/C26H37Cl2IN2O4S/c1-8-9-34-21-13-20(28)19(27)12-18(21)23(30-36(33)26(5,6)7)22-16(10-15-11-17(15)22)14-31(29)24(32)35-25(2,3)4/h8,12-13,15-17,22-23,30H,1,9-11,14H2,2-7H3. The van der Waals surface area contributed by atoms with Crippen LogP contribution in [-0.2, 0) is 15.7 Å². The largest absolute Gasteiger partial charge is 0.489 e. The molecule has 36 heavy (non-hydrogen) atoms. The van der Waals surface area contributed by atoms with Gasteiger partial charge < -0.3 is 9.47 Å². The lowest BCUT2D eigenvalue weighted by atomic mass is 9.81. The Morgan fingerprint density at radius 3 is 2.47 bits per heavy atom. The number of carbonyl (C=O) groups is 1. The van der Waals surface area contributed by atoms with E-state index >= 15 is 0 Å². The smallest absolute Gasteiger partial charge is 0.419 e. The molecule has 1 amide bonds. The molecule has 0 spiro atoms. The number of hydrogen-bond donors (Lipinski definition) is 1. The summed E-state index contributed by atoms with van der Waals surface area (Å²) in [5, 5.41) is 0.808. The molecule has 6 unspecified atom stereocenters. The summed E-state index contributed by atoms with van der Waals surface area (Å²) in [6.45, 7) is 16.0. The molecular formula is C26H37Cl2IN2O4S. The molecule has 0 radical (unpaired) electrons. The number of amides is 1. The topological polar surface area (TPSA) is 67.9 Å². The monoisotopic (exact) mass is 670 g/mol. The second kappa shape index (κ2) is 11.7. The molecule has 0 aliphatic heterocycles. The number of fused-ring (bicyclic) bond motifs is 1. The molecule has 1 N–H and O–H groups in total. The summed E-state index contributed by atoms with van der Waals surface area (Å²) in [5.74, 6) is 1.97. The van der Waals surface area contributed by atoms with Crippen molar-refractivity contribution in [1.29, 1.82) is 0 Å². The Bertz CT molecular complexity index is 1010. The molecular weight excluding hydrogens is 634 g/mol. The van der Waals surface area contributed by atoms with E-state index in [1.54, 1.807) is 15.3 Å².